The molecule has 3 N–H and O–H groups in total. The zero-order valence-corrected chi connectivity index (χ0v) is 22.3. The van der Waals surface area contributed by atoms with Crippen LogP contribution in [0.15, 0.2) is 0 Å². The van der Waals surface area contributed by atoms with Gasteiger partial charge in [0.25, 0.3) is 0 Å². The molecular formula is C29H44O9. The standard InChI is InChI=1S/C29H44O9/c30-19-9-14-23(27(33)34)25(16-19)29(36)38-21-12-7-18(8-13-21)15-17-5-10-20(11-6-17)37-28(35)24-4-2-1-3-22(24)26(31)32/h17-25,30H,1-16H2,(H,31,32)(H,33,34). The van der Waals surface area contributed by atoms with Gasteiger partial charge in [0.05, 0.1) is 29.8 Å². The Morgan fingerprint density at radius 3 is 1.50 bits per heavy atom. The first-order chi connectivity index (χ1) is 18.2. The number of aliphatic carboxylic acids is 2. The average Bonchev–Trinajstić information content (AvgIpc) is 2.90. The van der Waals surface area contributed by atoms with Gasteiger partial charge in [0, 0.05) is 0 Å². The second-order valence-corrected chi connectivity index (χ2v) is 12.2. The zero-order chi connectivity index (χ0) is 27.2. The van der Waals surface area contributed by atoms with Crippen LogP contribution >= 0.6 is 0 Å². The lowest BCUT2D eigenvalue weighted by molar-refractivity contribution is -0.167. The summed E-state index contributed by atoms with van der Waals surface area (Å²) in [6.45, 7) is 0. The van der Waals surface area contributed by atoms with Gasteiger partial charge in [0.1, 0.15) is 12.2 Å². The zero-order valence-electron chi connectivity index (χ0n) is 22.3. The van der Waals surface area contributed by atoms with Crippen molar-refractivity contribution in [1.29, 1.82) is 0 Å². The fourth-order valence-electron chi connectivity index (χ4n) is 7.36. The van der Waals surface area contributed by atoms with Crippen LogP contribution in [0.2, 0.25) is 0 Å². The minimum atomic E-state index is -0.995. The Kier molecular flexibility index (Phi) is 10.1. The Hall–Kier alpha value is -2.16. The number of hydrogen-bond acceptors (Lipinski definition) is 7. The highest BCUT2D eigenvalue weighted by Crippen LogP contribution is 2.39. The SMILES string of the molecule is O=C(O)C1CCCCC1C(=O)OC1CCC(CC2CCC(OC(=O)C3CC(O)CCC3C(=O)O)CC2)CC1. The quantitative estimate of drug-likeness (QED) is 0.385. The molecule has 0 aromatic carbocycles. The lowest BCUT2D eigenvalue weighted by Gasteiger charge is -2.35. The van der Waals surface area contributed by atoms with Crippen LogP contribution in [0.25, 0.3) is 0 Å². The lowest BCUT2D eigenvalue weighted by Crippen LogP contribution is -2.40. The lowest BCUT2D eigenvalue weighted by atomic mass is 9.76. The van der Waals surface area contributed by atoms with Crippen molar-refractivity contribution in [3.63, 3.8) is 0 Å². The van der Waals surface area contributed by atoms with E-state index in [0.717, 1.165) is 70.6 Å². The molecule has 4 saturated carbocycles. The number of carbonyl (C=O) groups is 4. The van der Waals surface area contributed by atoms with Crippen LogP contribution in [0.1, 0.15) is 103 Å². The van der Waals surface area contributed by atoms with Crippen molar-refractivity contribution in [1.82, 2.24) is 0 Å². The molecule has 214 valence electrons. The number of rotatable bonds is 8. The molecule has 0 amide bonds. The van der Waals surface area contributed by atoms with Gasteiger partial charge in [-0.15, -0.1) is 0 Å². The molecule has 0 radical (unpaired) electrons. The Morgan fingerprint density at radius 2 is 1.00 bits per heavy atom. The summed E-state index contributed by atoms with van der Waals surface area (Å²) in [6, 6.07) is 0. The van der Waals surface area contributed by atoms with Crippen LogP contribution in [0.5, 0.6) is 0 Å². The summed E-state index contributed by atoms with van der Waals surface area (Å²) in [6.07, 6.45) is 11.1. The summed E-state index contributed by atoms with van der Waals surface area (Å²) in [5.41, 5.74) is 0. The van der Waals surface area contributed by atoms with E-state index in [1.54, 1.807) is 0 Å². The summed E-state index contributed by atoms with van der Waals surface area (Å²) >= 11 is 0. The molecule has 0 aromatic rings. The molecule has 38 heavy (non-hydrogen) atoms. The maximum absolute atomic E-state index is 12.7. The number of aliphatic hydroxyl groups is 1. The van der Waals surface area contributed by atoms with E-state index in [0.29, 0.717) is 37.5 Å². The largest absolute Gasteiger partial charge is 0.481 e. The second-order valence-electron chi connectivity index (χ2n) is 12.2. The van der Waals surface area contributed by atoms with E-state index in [4.69, 9.17) is 9.47 Å². The van der Waals surface area contributed by atoms with Crippen molar-refractivity contribution in [2.45, 2.75) is 121 Å². The van der Waals surface area contributed by atoms with Gasteiger partial charge in [-0.1, -0.05) is 12.8 Å². The third kappa shape index (κ3) is 7.48. The number of carboxylic acid groups (broad SMARTS) is 2. The van der Waals surface area contributed by atoms with Gasteiger partial charge >= 0.3 is 23.9 Å². The van der Waals surface area contributed by atoms with E-state index in [9.17, 15) is 34.5 Å². The molecular weight excluding hydrogens is 492 g/mol. The summed E-state index contributed by atoms with van der Waals surface area (Å²) in [7, 11) is 0. The smallest absolute Gasteiger partial charge is 0.310 e. The second kappa shape index (κ2) is 13.3. The molecule has 5 atom stereocenters. The third-order valence-corrected chi connectivity index (χ3v) is 9.65. The molecule has 5 unspecified atom stereocenters. The van der Waals surface area contributed by atoms with E-state index in [1.165, 1.54) is 0 Å². The molecule has 4 aliphatic carbocycles. The number of ether oxygens (including phenoxy) is 2. The first-order valence-electron chi connectivity index (χ1n) is 14.8. The molecule has 9 heteroatoms. The van der Waals surface area contributed by atoms with Crippen LogP contribution in [0.3, 0.4) is 0 Å². The van der Waals surface area contributed by atoms with Crippen molar-refractivity contribution >= 4 is 23.9 Å². The minimum absolute atomic E-state index is 0.113. The summed E-state index contributed by atoms with van der Waals surface area (Å²) in [4.78, 5) is 48.5. The molecule has 0 spiro atoms. The third-order valence-electron chi connectivity index (χ3n) is 9.65. The fraction of sp³-hybridized carbons (Fsp3) is 0.862. The van der Waals surface area contributed by atoms with Gasteiger partial charge in [0.2, 0.25) is 0 Å². The van der Waals surface area contributed by atoms with Crippen molar-refractivity contribution in [3.05, 3.63) is 0 Å². The molecule has 9 nitrogen and oxygen atoms in total. The first-order valence-corrected chi connectivity index (χ1v) is 14.8. The van der Waals surface area contributed by atoms with Gasteiger partial charge in [-0.2, -0.15) is 0 Å². The van der Waals surface area contributed by atoms with Gasteiger partial charge < -0.3 is 24.8 Å². The van der Waals surface area contributed by atoms with Crippen LogP contribution in [-0.4, -0.2) is 57.5 Å². The minimum Gasteiger partial charge on any atom is -0.481 e. The van der Waals surface area contributed by atoms with Crippen molar-refractivity contribution in [2.24, 2.45) is 35.5 Å². The molecule has 0 bridgehead atoms. The molecule has 4 fully saturated rings. The highest BCUT2D eigenvalue weighted by Gasteiger charge is 2.41. The van der Waals surface area contributed by atoms with Crippen molar-refractivity contribution in [2.75, 3.05) is 0 Å². The van der Waals surface area contributed by atoms with Gasteiger partial charge in [0.15, 0.2) is 0 Å². The van der Waals surface area contributed by atoms with Crippen LogP contribution in [0.4, 0.5) is 0 Å². The Labute approximate surface area is 224 Å². The van der Waals surface area contributed by atoms with E-state index in [1.807, 2.05) is 0 Å². The molecule has 0 heterocycles. The first kappa shape index (κ1) is 28.8. The predicted octanol–water partition coefficient (Wildman–Crippen LogP) is 4.33. The molecule has 4 rings (SSSR count). The maximum Gasteiger partial charge on any atom is 0.310 e. The van der Waals surface area contributed by atoms with E-state index < -0.39 is 47.7 Å². The van der Waals surface area contributed by atoms with E-state index in [2.05, 4.69) is 0 Å². The number of hydrogen-bond donors (Lipinski definition) is 3. The van der Waals surface area contributed by atoms with Gasteiger partial charge in [-0.25, -0.2) is 0 Å². The topological polar surface area (TPSA) is 147 Å². The van der Waals surface area contributed by atoms with Gasteiger partial charge in [-0.3, -0.25) is 19.2 Å². The van der Waals surface area contributed by atoms with Crippen LogP contribution < -0.4 is 0 Å². The Bertz CT molecular complexity index is 841. The van der Waals surface area contributed by atoms with Gasteiger partial charge in [-0.05, 0) is 102 Å². The number of carbonyl (C=O) groups excluding carboxylic acids is 2. The highest BCUT2D eigenvalue weighted by molar-refractivity contribution is 5.82. The number of aliphatic hydroxyl groups excluding tert-OH is 1. The normalized spacial score (nSPS) is 38.1. The summed E-state index contributed by atoms with van der Waals surface area (Å²) < 4.78 is 11.5. The average molecular weight is 537 g/mol. The number of carboxylic acids is 2. The fourth-order valence-corrected chi connectivity index (χ4v) is 7.36. The maximum atomic E-state index is 12.7. The van der Waals surface area contributed by atoms with E-state index in [-0.39, 0.29) is 24.6 Å². The van der Waals surface area contributed by atoms with E-state index >= 15 is 0 Å². The Balaban J connectivity index is 1.15. The Morgan fingerprint density at radius 1 is 0.553 bits per heavy atom. The molecule has 0 aromatic heterocycles. The summed E-state index contributed by atoms with van der Waals surface area (Å²) in [5.74, 6) is -4.23. The molecule has 4 aliphatic rings. The molecule has 0 saturated heterocycles. The van der Waals surface area contributed by atoms with Crippen molar-refractivity contribution in [3.8, 4) is 0 Å². The monoisotopic (exact) mass is 536 g/mol. The molecule has 0 aliphatic heterocycles. The van der Waals surface area contributed by atoms with Crippen LogP contribution in [0, 0.1) is 35.5 Å². The van der Waals surface area contributed by atoms with Crippen LogP contribution in [-0.2, 0) is 28.7 Å². The highest BCUT2D eigenvalue weighted by atomic mass is 16.5. The number of esters is 2. The predicted molar refractivity (Wildman–Crippen MR) is 136 cm³/mol. The summed E-state index contributed by atoms with van der Waals surface area (Å²) in [5, 5.41) is 28.8. The van der Waals surface area contributed by atoms with Crippen molar-refractivity contribution < 1.29 is 44.0 Å².